The summed E-state index contributed by atoms with van der Waals surface area (Å²) in [5.41, 5.74) is 0. The van der Waals surface area contributed by atoms with E-state index < -0.39 is 36.1 Å². The molecule has 0 aliphatic carbocycles. The molecule has 14 heteroatoms. The number of aliphatic hydroxyl groups is 2. The number of carbonyl (C=O) groups excluding carboxylic acids is 4. The lowest BCUT2D eigenvalue weighted by Crippen LogP contribution is -2.51. The summed E-state index contributed by atoms with van der Waals surface area (Å²) in [7, 11) is 0. The third-order valence-corrected chi connectivity index (χ3v) is 0.949. The zero-order chi connectivity index (χ0) is 13.5. The maximum Gasteiger partial charge on any atom is 0.124 e. The molecule has 0 aromatic carbocycles. The van der Waals surface area contributed by atoms with Crippen molar-refractivity contribution in [3.63, 3.8) is 0 Å². The molecule has 0 saturated heterocycles. The maximum absolute atomic E-state index is 9.63. The van der Waals surface area contributed by atoms with E-state index in [4.69, 9.17) is 30.0 Å². The van der Waals surface area contributed by atoms with Gasteiger partial charge in [0.15, 0.2) is 0 Å². The van der Waals surface area contributed by atoms with Crippen LogP contribution < -0.4 is 45.0 Å². The summed E-state index contributed by atoms with van der Waals surface area (Å²) < 4.78 is 0. The fraction of sp³-hybridized carbons (Fsp3) is 0.333. The number of carboxylic acid groups (broad SMARTS) is 4. The van der Waals surface area contributed by atoms with E-state index in [2.05, 4.69) is 0 Å². The molecule has 20 heavy (non-hydrogen) atoms. The molecule has 0 saturated carbocycles. The van der Waals surface area contributed by atoms with Crippen LogP contribution in [0.2, 0.25) is 0 Å². The lowest BCUT2D eigenvalue weighted by molar-refractivity contribution is -0.345. The number of aliphatic carboxylic acids is 4. The van der Waals surface area contributed by atoms with Crippen molar-refractivity contribution in [2.24, 2.45) is 0 Å². The van der Waals surface area contributed by atoms with Gasteiger partial charge in [0.2, 0.25) is 0 Å². The topological polar surface area (TPSA) is 347 Å². The molecule has 0 amide bonds. The Balaban J connectivity index is -0.0000000440. The molecule has 0 rings (SSSR count). The van der Waals surface area contributed by atoms with E-state index in [9.17, 15) is 19.8 Å². The van der Waals surface area contributed by atoms with Crippen molar-refractivity contribution in [2.75, 3.05) is 0 Å². The highest BCUT2D eigenvalue weighted by Gasteiger charge is 2.17. The summed E-state index contributed by atoms with van der Waals surface area (Å²) in [6.07, 6.45) is -4.88. The highest BCUT2D eigenvalue weighted by molar-refractivity contribution is 6.25. The SMILES string of the molecule is O=C([O-])C(=O)[O-].O=C([O-])C(O)C(O)C(=O)[O-].[NH4+].[NH4+].[NH4+].[NH4+]. The van der Waals surface area contributed by atoms with Gasteiger partial charge in [-0.1, -0.05) is 0 Å². The number of rotatable bonds is 3. The normalized spacial score (nSPS) is 10.1. The van der Waals surface area contributed by atoms with Crippen molar-refractivity contribution in [1.29, 1.82) is 0 Å². The van der Waals surface area contributed by atoms with Gasteiger partial charge in [0.05, 0.1) is 23.9 Å². The van der Waals surface area contributed by atoms with Crippen LogP contribution >= 0.6 is 0 Å². The maximum atomic E-state index is 9.63. The zero-order valence-electron chi connectivity index (χ0n) is 11.3. The van der Waals surface area contributed by atoms with E-state index in [1.807, 2.05) is 0 Å². The fourth-order valence-electron chi connectivity index (χ4n) is 0.258. The molecule has 0 spiro atoms. The van der Waals surface area contributed by atoms with Gasteiger partial charge in [0.1, 0.15) is 12.2 Å². The molecular formula is C6H20N4O10. The molecule has 0 bridgehead atoms. The van der Waals surface area contributed by atoms with Crippen molar-refractivity contribution >= 4 is 23.9 Å². The molecule has 0 aliphatic heterocycles. The molecule has 0 aliphatic rings. The van der Waals surface area contributed by atoms with Crippen LogP contribution in [0.3, 0.4) is 0 Å². The van der Waals surface area contributed by atoms with Crippen LogP contribution in [-0.2, 0) is 19.2 Å². The molecule has 124 valence electrons. The van der Waals surface area contributed by atoms with Gasteiger partial charge >= 0.3 is 0 Å². The van der Waals surface area contributed by atoms with Gasteiger partial charge in [-0.15, -0.1) is 0 Å². The predicted octanol–water partition coefficient (Wildman–Crippen LogP) is -6.80. The van der Waals surface area contributed by atoms with Gasteiger partial charge in [-0.05, 0) is 0 Å². The first-order valence-corrected chi connectivity index (χ1v) is 3.31. The molecule has 2 unspecified atom stereocenters. The molecule has 0 heterocycles. The smallest absolute Gasteiger partial charge is 0.124 e. The standard InChI is InChI=1S/C4H6O6.C2H2O4.4H3N/c5-1(3(7)8)2(6)4(9)10;3-1(4)2(5)6;;;;/h1-2,5-6H,(H,7,8)(H,9,10);(H,3,4)(H,5,6);4*1H3. The van der Waals surface area contributed by atoms with Gasteiger partial charge in [0.25, 0.3) is 0 Å². The van der Waals surface area contributed by atoms with Gasteiger partial charge in [0, 0.05) is 0 Å². The monoisotopic (exact) mass is 308 g/mol. The molecule has 14 nitrogen and oxygen atoms in total. The second-order valence-electron chi connectivity index (χ2n) is 2.10. The minimum atomic E-state index is -2.44. The Bertz CT molecular complexity index is 278. The van der Waals surface area contributed by atoms with Crippen LogP contribution in [0.4, 0.5) is 0 Å². The largest absolute Gasteiger partial charge is 0.547 e. The quantitative estimate of drug-likeness (QED) is 0.267. The number of quaternary nitrogens is 4. The van der Waals surface area contributed by atoms with Gasteiger partial charge in [-0.2, -0.15) is 0 Å². The Morgan fingerprint density at radius 1 is 0.600 bits per heavy atom. The fourth-order valence-corrected chi connectivity index (χ4v) is 0.258. The Morgan fingerprint density at radius 2 is 0.750 bits per heavy atom. The second-order valence-corrected chi connectivity index (χ2v) is 2.10. The first-order chi connectivity index (χ1) is 7.11. The third-order valence-electron chi connectivity index (χ3n) is 0.949. The van der Waals surface area contributed by atoms with E-state index in [0.717, 1.165) is 0 Å². The van der Waals surface area contributed by atoms with Crippen LogP contribution in [0.25, 0.3) is 0 Å². The van der Waals surface area contributed by atoms with Gasteiger partial charge < -0.3 is 74.4 Å². The Kier molecular flexibility index (Phi) is 30.0. The number of hydrogen-bond acceptors (Lipinski definition) is 10. The lowest BCUT2D eigenvalue weighted by Gasteiger charge is -2.18. The molecule has 0 aromatic rings. The van der Waals surface area contributed by atoms with E-state index in [1.165, 1.54) is 0 Å². The van der Waals surface area contributed by atoms with Gasteiger partial charge in [-0.3, -0.25) is 0 Å². The average Bonchev–Trinajstić information content (AvgIpc) is 2.15. The van der Waals surface area contributed by atoms with Crippen molar-refractivity contribution in [1.82, 2.24) is 24.6 Å². The first kappa shape index (κ1) is 36.0. The molecule has 18 N–H and O–H groups in total. The molecular weight excluding hydrogens is 288 g/mol. The highest BCUT2D eigenvalue weighted by atomic mass is 16.4. The van der Waals surface area contributed by atoms with E-state index in [-0.39, 0.29) is 24.6 Å². The molecule has 0 radical (unpaired) electrons. The number of carboxylic acids is 4. The molecule has 2 atom stereocenters. The van der Waals surface area contributed by atoms with Crippen LogP contribution in [0.5, 0.6) is 0 Å². The number of aliphatic hydroxyl groups excluding tert-OH is 2. The van der Waals surface area contributed by atoms with Crippen LogP contribution in [0.15, 0.2) is 0 Å². The lowest BCUT2D eigenvalue weighted by atomic mass is 10.2. The summed E-state index contributed by atoms with van der Waals surface area (Å²) >= 11 is 0. The Labute approximate surface area is 112 Å². The minimum Gasteiger partial charge on any atom is -0.547 e. The van der Waals surface area contributed by atoms with Crippen molar-refractivity contribution < 1.29 is 49.8 Å². The van der Waals surface area contributed by atoms with Gasteiger partial charge in [-0.25, -0.2) is 0 Å². The van der Waals surface area contributed by atoms with Crippen molar-refractivity contribution in [3.8, 4) is 0 Å². The van der Waals surface area contributed by atoms with Crippen molar-refractivity contribution in [3.05, 3.63) is 0 Å². The average molecular weight is 308 g/mol. The van der Waals surface area contributed by atoms with E-state index >= 15 is 0 Å². The number of carbonyl (C=O) groups is 4. The third kappa shape index (κ3) is 18.0. The first-order valence-electron chi connectivity index (χ1n) is 3.31. The predicted molar refractivity (Wildman–Crippen MR) is 56.0 cm³/mol. The molecule has 0 aromatic heterocycles. The second kappa shape index (κ2) is 16.6. The minimum absolute atomic E-state index is 0. The summed E-state index contributed by atoms with van der Waals surface area (Å²) in [4.78, 5) is 37.1. The summed E-state index contributed by atoms with van der Waals surface area (Å²) in [5, 5.41) is 53.6. The van der Waals surface area contributed by atoms with E-state index in [0.29, 0.717) is 0 Å². The summed E-state index contributed by atoms with van der Waals surface area (Å²) in [5.74, 6) is -8.49. The Hall–Kier alpha value is -2.36. The van der Waals surface area contributed by atoms with E-state index in [1.54, 1.807) is 0 Å². The number of hydrogen-bond donors (Lipinski definition) is 6. The molecule has 0 fully saturated rings. The van der Waals surface area contributed by atoms with Crippen LogP contribution in [-0.4, -0.2) is 46.3 Å². The highest BCUT2D eigenvalue weighted by Crippen LogP contribution is 1.88. The summed E-state index contributed by atoms with van der Waals surface area (Å²) in [6, 6.07) is 0. The van der Waals surface area contributed by atoms with Crippen molar-refractivity contribution in [2.45, 2.75) is 12.2 Å². The summed E-state index contributed by atoms with van der Waals surface area (Å²) in [6.45, 7) is 0. The van der Waals surface area contributed by atoms with Crippen LogP contribution in [0.1, 0.15) is 0 Å². The zero-order valence-corrected chi connectivity index (χ0v) is 11.3. The Morgan fingerprint density at radius 3 is 0.800 bits per heavy atom. The van der Waals surface area contributed by atoms with Crippen LogP contribution in [0, 0.1) is 0 Å².